The minimum Gasteiger partial charge on any atom is -0.339 e. The topological polar surface area (TPSA) is 78.5 Å². The highest BCUT2D eigenvalue weighted by molar-refractivity contribution is 7.14. The molecule has 2 N–H and O–H groups in total. The van der Waals surface area contributed by atoms with Gasteiger partial charge in [-0.05, 0) is 68.2 Å². The van der Waals surface area contributed by atoms with E-state index >= 15 is 0 Å². The molecule has 164 valence electrons. The Bertz CT molecular complexity index is 992. The molecule has 1 aromatic heterocycles. The van der Waals surface area contributed by atoms with Gasteiger partial charge >= 0.3 is 0 Å². The van der Waals surface area contributed by atoms with Crippen LogP contribution in [0.3, 0.4) is 0 Å². The lowest BCUT2D eigenvalue weighted by Gasteiger charge is -2.31. The van der Waals surface area contributed by atoms with Crippen LogP contribution in [0.15, 0.2) is 30.3 Å². The first-order valence-electron chi connectivity index (χ1n) is 11.0. The van der Waals surface area contributed by atoms with Gasteiger partial charge in [0.25, 0.3) is 11.8 Å². The largest absolute Gasteiger partial charge is 0.339 e. The number of nitrogens with one attached hydrogen (secondary N) is 2. The Kier molecular flexibility index (Phi) is 6.41. The van der Waals surface area contributed by atoms with Crippen molar-refractivity contribution in [3.8, 4) is 0 Å². The highest BCUT2D eigenvalue weighted by Crippen LogP contribution is 2.32. The van der Waals surface area contributed by atoms with E-state index in [9.17, 15) is 14.4 Å². The SMILES string of the molecule is Cc1ccccc1C(=O)N1CCC(C(=O)NNC(=O)c2cc3c(s2)CC[C@H](C)C3)CC1. The Hall–Kier alpha value is -2.67. The average Bonchev–Trinajstić information content (AvgIpc) is 3.20. The molecule has 7 heteroatoms. The summed E-state index contributed by atoms with van der Waals surface area (Å²) < 4.78 is 0. The zero-order chi connectivity index (χ0) is 22.0. The van der Waals surface area contributed by atoms with Crippen molar-refractivity contribution in [2.24, 2.45) is 11.8 Å². The minimum absolute atomic E-state index is 0.0150. The van der Waals surface area contributed by atoms with Gasteiger partial charge in [0.1, 0.15) is 0 Å². The molecule has 2 aliphatic rings. The van der Waals surface area contributed by atoms with E-state index in [0.29, 0.717) is 42.3 Å². The summed E-state index contributed by atoms with van der Waals surface area (Å²) in [6, 6.07) is 9.53. The normalized spacial score (nSPS) is 18.9. The van der Waals surface area contributed by atoms with E-state index in [-0.39, 0.29) is 23.6 Å². The van der Waals surface area contributed by atoms with Crippen LogP contribution in [-0.2, 0) is 17.6 Å². The molecule has 1 aliphatic heterocycles. The standard InChI is InChI=1S/C24H29N3O3S/c1-15-7-8-20-18(13-15)14-21(31-20)23(29)26-25-22(28)17-9-11-27(12-10-17)24(30)19-6-4-3-5-16(19)2/h3-6,14-15,17H,7-13H2,1-2H3,(H,25,28)(H,26,29)/t15-/m0/s1. The lowest BCUT2D eigenvalue weighted by atomic mass is 9.90. The van der Waals surface area contributed by atoms with Gasteiger partial charge in [0.2, 0.25) is 5.91 Å². The Labute approximate surface area is 187 Å². The molecule has 1 fully saturated rings. The first kappa shape index (κ1) is 21.6. The van der Waals surface area contributed by atoms with Gasteiger partial charge < -0.3 is 4.90 Å². The molecule has 2 aromatic rings. The summed E-state index contributed by atoms with van der Waals surface area (Å²) in [6.45, 7) is 5.24. The van der Waals surface area contributed by atoms with Crippen molar-refractivity contribution in [2.75, 3.05) is 13.1 Å². The van der Waals surface area contributed by atoms with Gasteiger partial charge in [0.05, 0.1) is 4.88 Å². The van der Waals surface area contributed by atoms with Crippen molar-refractivity contribution in [1.29, 1.82) is 0 Å². The summed E-state index contributed by atoms with van der Waals surface area (Å²) in [5.74, 6) is 0.0139. The van der Waals surface area contributed by atoms with Crippen LogP contribution in [0.2, 0.25) is 0 Å². The van der Waals surface area contributed by atoms with Crippen molar-refractivity contribution in [3.05, 3.63) is 56.8 Å². The molecule has 1 atom stereocenters. The molecule has 1 aromatic carbocycles. The lowest BCUT2D eigenvalue weighted by molar-refractivity contribution is -0.127. The Morgan fingerprint density at radius 1 is 1.06 bits per heavy atom. The predicted molar refractivity (Wildman–Crippen MR) is 121 cm³/mol. The van der Waals surface area contributed by atoms with Crippen molar-refractivity contribution >= 4 is 29.1 Å². The summed E-state index contributed by atoms with van der Waals surface area (Å²) in [4.78, 5) is 41.5. The van der Waals surface area contributed by atoms with Gasteiger partial charge in [-0.3, -0.25) is 25.2 Å². The summed E-state index contributed by atoms with van der Waals surface area (Å²) in [6.07, 6.45) is 4.39. The van der Waals surface area contributed by atoms with Crippen LogP contribution in [0.5, 0.6) is 0 Å². The van der Waals surface area contributed by atoms with Crippen LogP contribution in [-0.4, -0.2) is 35.7 Å². The monoisotopic (exact) mass is 439 g/mol. The number of hydrogen-bond acceptors (Lipinski definition) is 4. The van der Waals surface area contributed by atoms with Crippen LogP contribution in [0.1, 0.15) is 62.2 Å². The zero-order valence-electron chi connectivity index (χ0n) is 18.1. The number of hydrogen-bond donors (Lipinski definition) is 2. The van der Waals surface area contributed by atoms with E-state index in [1.165, 1.54) is 21.8 Å². The maximum Gasteiger partial charge on any atom is 0.279 e. The number of rotatable bonds is 3. The summed E-state index contributed by atoms with van der Waals surface area (Å²) in [5, 5.41) is 0. The Balaban J connectivity index is 1.26. The Morgan fingerprint density at radius 2 is 1.81 bits per heavy atom. The van der Waals surface area contributed by atoms with Gasteiger partial charge in [-0.2, -0.15) is 0 Å². The number of amides is 3. The van der Waals surface area contributed by atoms with E-state index in [4.69, 9.17) is 0 Å². The third kappa shape index (κ3) is 4.82. The van der Waals surface area contributed by atoms with Crippen molar-refractivity contribution < 1.29 is 14.4 Å². The van der Waals surface area contributed by atoms with Crippen LogP contribution < -0.4 is 10.9 Å². The number of benzene rings is 1. The molecule has 31 heavy (non-hydrogen) atoms. The smallest absolute Gasteiger partial charge is 0.279 e. The molecule has 6 nitrogen and oxygen atoms in total. The quantitative estimate of drug-likeness (QED) is 0.719. The number of likely N-dealkylation sites (tertiary alicyclic amines) is 1. The number of nitrogens with zero attached hydrogens (tertiary/aromatic N) is 1. The lowest BCUT2D eigenvalue weighted by Crippen LogP contribution is -2.48. The number of hydrazine groups is 1. The first-order valence-corrected chi connectivity index (χ1v) is 11.8. The first-order chi connectivity index (χ1) is 14.9. The molecule has 0 saturated carbocycles. The average molecular weight is 440 g/mol. The maximum atomic E-state index is 12.7. The van der Waals surface area contributed by atoms with E-state index in [0.717, 1.165) is 24.8 Å². The van der Waals surface area contributed by atoms with Gasteiger partial charge in [0, 0.05) is 29.4 Å². The summed E-state index contributed by atoms with van der Waals surface area (Å²) >= 11 is 1.53. The number of piperidine rings is 1. The molecule has 1 saturated heterocycles. The second kappa shape index (κ2) is 9.22. The molecular formula is C24H29N3O3S. The fraction of sp³-hybridized carbons (Fsp3) is 0.458. The van der Waals surface area contributed by atoms with Crippen LogP contribution in [0.25, 0.3) is 0 Å². The van der Waals surface area contributed by atoms with Crippen molar-refractivity contribution in [2.45, 2.75) is 46.0 Å². The van der Waals surface area contributed by atoms with Crippen LogP contribution >= 0.6 is 11.3 Å². The third-order valence-corrected chi connectivity index (χ3v) is 7.62. The molecule has 0 spiro atoms. The Morgan fingerprint density at radius 3 is 2.55 bits per heavy atom. The van der Waals surface area contributed by atoms with Gasteiger partial charge in [-0.15, -0.1) is 11.3 Å². The highest BCUT2D eigenvalue weighted by Gasteiger charge is 2.29. The molecule has 2 heterocycles. The second-order valence-corrected chi connectivity index (χ2v) is 9.87. The van der Waals surface area contributed by atoms with Gasteiger partial charge in [-0.25, -0.2) is 0 Å². The van der Waals surface area contributed by atoms with Crippen LogP contribution in [0, 0.1) is 18.8 Å². The second-order valence-electron chi connectivity index (χ2n) is 8.73. The molecule has 0 radical (unpaired) electrons. The molecular weight excluding hydrogens is 410 g/mol. The minimum atomic E-state index is -0.257. The highest BCUT2D eigenvalue weighted by atomic mass is 32.1. The molecule has 0 unspecified atom stereocenters. The van der Waals surface area contributed by atoms with E-state index in [2.05, 4.69) is 17.8 Å². The number of carbonyl (C=O) groups excluding carboxylic acids is 3. The fourth-order valence-corrected chi connectivity index (χ4v) is 5.53. The number of fused-ring (bicyclic) bond motifs is 1. The maximum absolute atomic E-state index is 12.7. The summed E-state index contributed by atoms with van der Waals surface area (Å²) in [5.41, 5.74) is 8.11. The van der Waals surface area contributed by atoms with Crippen LogP contribution in [0.4, 0.5) is 0 Å². The van der Waals surface area contributed by atoms with Gasteiger partial charge in [-0.1, -0.05) is 25.1 Å². The molecule has 4 rings (SSSR count). The number of aryl methyl sites for hydroxylation is 2. The van der Waals surface area contributed by atoms with Gasteiger partial charge in [0.15, 0.2) is 0 Å². The number of carbonyl (C=O) groups is 3. The molecule has 1 aliphatic carbocycles. The van der Waals surface area contributed by atoms with E-state index in [1.54, 1.807) is 0 Å². The zero-order valence-corrected chi connectivity index (χ0v) is 18.9. The summed E-state index contributed by atoms with van der Waals surface area (Å²) in [7, 11) is 0. The third-order valence-electron chi connectivity index (χ3n) is 6.38. The fourth-order valence-electron chi connectivity index (χ4n) is 4.43. The molecule has 3 amide bonds. The predicted octanol–water partition coefficient (Wildman–Crippen LogP) is 3.49. The van der Waals surface area contributed by atoms with E-state index < -0.39 is 0 Å². The molecule has 0 bridgehead atoms. The number of thiophene rings is 1. The van der Waals surface area contributed by atoms with Crippen molar-refractivity contribution in [1.82, 2.24) is 15.8 Å². The van der Waals surface area contributed by atoms with Crippen molar-refractivity contribution in [3.63, 3.8) is 0 Å². The van der Waals surface area contributed by atoms with E-state index in [1.807, 2.05) is 42.2 Å².